The zero-order chi connectivity index (χ0) is 31.6. The maximum absolute atomic E-state index is 6.68. The minimum atomic E-state index is -0.635. The van der Waals surface area contributed by atoms with Gasteiger partial charge in [0.1, 0.15) is 0 Å². The van der Waals surface area contributed by atoms with E-state index >= 15 is 0 Å². The highest BCUT2D eigenvalue weighted by Crippen LogP contribution is 2.26. The van der Waals surface area contributed by atoms with Gasteiger partial charge in [-0.25, -0.2) is 0 Å². The van der Waals surface area contributed by atoms with Crippen LogP contribution in [0, 0.1) is 0 Å². The first kappa shape index (κ1) is 27.7. The van der Waals surface area contributed by atoms with Crippen LogP contribution in [0.4, 0.5) is 0 Å². The maximum Gasteiger partial charge on any atom is 0.467 e. The van der Waals surface area contributed by atoms with E-state index in [0.29, 0.717) is 0 Å². The summed E-state index contributed by atoms with van der Waals surface area (Å²) in [7, 11) is -1.90. The van der Waals surface area contributed by atoms with E-state index in [-0.39, 0.29) is 0 Å². The fourth-order valence-corrected chi connectivity index (χ4v) is 7.22. The van der Waals surface area contributed by atoms with Crippen molar-refractivity contribution in [3.63, 3.8) is 0 Å². The van der Waals surface area contributed by atoms with Crippen molar-refractivity contribution in [2.24, 2.45) is 0 Å². The first-order chi connectivity index (χ1) is 23.7. The topological polar surface area (TPSA) is 27.7 Å². The molecule has 0 saturated carbocycles. The van der Waals surface area contributed by atoms with Crippen molar-refractivity contribution in [3.8, 4) is 0 Å². The molecule has 0 aromatic heterocycles. The Morgan fingerprint density at radius 3 is 0.729 bits per heavy atom. The Labute approximate surface area is 279 Å². The summed E-state index contributed by atoms with van der Waals surface area (Å²) in [6.45, 7) is 0. The van der Waals surface area contributed by atoms with E-state index in [2.05, 4.69) is 164 Å². The molecule has 9 aromatic carbocycles. The van der Waals surface area contributed by atoms with E-state index in [0.717, 1.165) is 32.5 Å². The van der Waals surface area contributed by atoms with Crippen LogP contribution in [0.3, 0.4) is 0 Å². The van der Waals surface area contributed by atoms with Crippen LogP contribution in [0.2, 0.25) is 0 Å². The Hall–Kier alpha value is -5.39. The van der Waals surface area contributed by atoms with Gasteiger partial charge < -0.3 is 13.7 Å². The Morgan fingerprint density at radius 2 is 0.458 bits per heavy atom. The minimum Gasteiger partial charge on any atom is -0.445 e. The van der Waals surface area contributed by atoms with Gasteiger partial charge in [-0.05, 0) is 117 Å². The Bertz CT molecular complexity index is 2410. The first-order valence-corrected chi connectivity index (χ1v) is 16.4. The molecule has 0 atom stereocenters. The lowest BCUT2D eigenvalue weighted by Gasteiger charge is -2.32. The van der Waals surface area contributed by atoms with E-state index in [4.69, 9.17) is 13.7 Å². The molecule has 9 aromatic rings. The molecule has 1 aliphatic heterocycles. The van der Waals surface area contributed by atoms with E-state index in [9.17, 15) is 0 Å². The molecule has 1 saturated heterocycles. The quantitative estimate of drug-likeness (QED) is 0.149. The molecule has 48 heavy (non-hydrogen) atoms. The summed E-state index contributed by atoms with van der Waals surface area (Å²) in [4.78, 5) is 0. The summed E-state index contributed by atoms with van der Waals surface area (Å²) in [5, 5.41) is 14.3. The monoisotopic (exact) mass is 612 g/mol. The van der Waals surface area contributed by atoms with Crippen molar-refractivity contribution in [2.45, 2.75) is 0 Å². The zero-order valence-corrected chi connectivity index (χ0v) is 26.0. The van der Waals surface area contributed by atoms with E-state index < -0.39 is 21.4 Å². The van der Waals surface area contributed by atoms with Gasteiger partial charge in [-0.2, -0.15) is 0 Å². The molecule has 0 amide bonds. The largest absolute Gasteiger partial charge is 0.467 e. The van der Waals surface area contributed by atoms with Crippen molar-refractivity contribution in [3.05, 3.63) is 164 Å². The Kier molecular flexibility index (Phi) is 6.41. The maximum atomic E-state index is 6.68. The average molecular weight is 612 g/mol. The molecule has 6 heteroatoms. The highest BCUT2D eigenvalue weighted by molar-refractivity contribution is 6.87. The third-order valence-electron chi connectivity index (χ3n) is 9.74. The lowest BCUT2D eigenvalue weighted by atomic mass is 9.61. The molecule has 0 unspecified atom stereocenters. The van der Waals surface area contributed by atoms with Gasteiger partial charge in [-0.1, -0.05) is 127 Å². The summed E-state index contributed by atoms with van der Waals surface area (Å²) < 4.78 is 20.1. The Balaban J connectivity index is 1.07. The van der Waals surface area contributed by atoms with Gasteiger partial charge in [-0.3, -0.25) is 0 Å². The fourth-order valence-electron chi connectivity index (χ4n) is 7.22. The second kappa shape index (κ2) is 11.1. The predicted octanol–water partition coefficient (Wildman–Crippen LogP) is 8.16. The molecule has 222 valence electrons. The van der Waals surface area contributed by atoms with Crippen molar-refractivity contribution >= 4 is 102 Å². The number of rotatable bonds is 3. The van der Waals surface area contributed by atoms with Gasteiger partial charge in [0.25, 0.3) is 0 Å². The highest BCUT2D eigenvalue weighted by atomic mass is 16.7. The molecule has 0 bridgehead atoms. The van der Waals surface area contributed by atoms with Crippen LogP contribution < -0.4 is 16.4 Å². The van der Waals surface area contributed by atoms with Crippen LogP contribution in [-0.2, 0) is 13.7 Å². The van der Waals surface area contributed by atoms with Gasteiger partial charge in [-0.15, -0.1) is 0 Å². The van der Waals surface area contributed by atoms with Gasteiger partial charge in [0.15, 0.2) is 0 Å². The lowest BCUT2D eigenvalue weighted by molar-refractivity contribution is 0.308. The van der Waals surface area contributed by atoms with Crippen molar-refractivity contribution in [1.82, 2.24) is 0 Å². The van der Waals surface area contributed by atoms with Crippen molar-refractivity contribution < 1.29 is 13.7 Å². The third kappa shape index (κ3) is 4.85. The predicted molar refractivity (Wildman–Crippen MR) is 204 cm³/mol. The molecule has 10 rings (SSSR count). The van der Waals surface area contributed by atoms with E-state index in [1.807, 2.05) is 0 Å². The molecule has 3 nitrogen and oxygen atoms in total. The summed E-state index contributed by atoms with van der Waals surface area (Å²) in [6, 6.07) is 58.2. The van der Waals surface area contributed by atoms with Gasteiger partial charge in [0.2, 0.25) is 0 Å². The minimum absolute atomic E-state index is 0.635. The molecular weight excluding hydrogens is 585 g/mol. The molecular formula is C42H27B3O3. The van der Waals surface area contributed by atoms with Crippen LogP contribution in [0.25, 0.3) is 64.6 Å². The van der Waals surface area contributed by atoms with Gasteiger partial charge in [0.05, 0.1) is 0 Å². The normalized spacial score (nSPS) is 13.9. The van der Waals surface area contributed by atoms with Crippen LogP contribution >= 0.6 is 0 Å². The summed E-state index contributed by atoms with van der Waals surface area (Å²) in [5.41, 5.74) is 2.86. The number of hydrogen-bond donors (Lipinski definition) is 0. The molecule has 1 heterocycles. The fraction of sp³-hybridized carbons (Fsp3) is 0. The van der Waals surface area contributed by atoms with Crippen molar-refractivity contribution in [1.29, 1.82) is 0 Å². The van der Waals surface area contributed by atoms with Crippen LogP contribution in [-0.4, -0.2) is 21.4 Å². The number of fused-ring (bicyclic) bond motifs is 6. The standard InChI is InChI=1S/C42H27B3O3/c1-4-10-31-22-37-25-40(16-13-34(37)19-28(31)7-1)43-46-44(41-17-14-35-20-29-8-2-5-11-32(29)23-38(35)26-41)48-45(47-43)42-18-15-36-21-30-9-3-6-12-33(30)24-39(36)27-42/h1-27H. The SMILES string of the molecule is c1ccc2cc3cc(B4OB(c5ccc6cc7ccccc7cc6c5)OB(c5ccc6cc7ccccc7cc6c5)O4)ccc3cc2c1. The smallest absolute Gasteiger partial charge is 0.445 e. The Morgan fingerprint density at radius 1 is 0.229 bits per heavy atom. The highest BCUT2D eigenvalue weighted by Gasteiger charge is 2.43. The molecule has 1 aliphatic rings. The summed E-state index contributed by atoms with van der Waals surface area (Å²) in [6.07, 6.45) is 0. The van der Waals surface area contributed by atoms with Crippen LogP contribution in [0.1, 0.15) is 0 Å². The number of benzene rings is 9. The van der Waals surface area contributed by atoms with Crippen LogP contribution in [0.5, 0.6) is 0 Å². The second-order valence-corrected chi connectivity index (χ2v) is 12.8. The summed E-state index contributed by atoms with van der Waals surface area (Å²) >= 11 is 0. The molecule has 0 radical (unpaired) electrons. The third-order valence-corrected chi connectivity index (χ3v) is 9.74. The van der Waals surface area contributed by atoms with E-state index in [1.54, 1.807) is 0 Å². The molecule has 0 N–H and O–H groups in total. The first-order valence-electron chi connectivity index (χ1n) is 16.4. The second-order valence-electron chi connectivity index (χ2n) is 12.8. The van der Waals surface area contributed by atoms with Crippen molar-refractivity contribution in [2.75, 3.05) is 0 Å². The molecule has 0 aliphatic carbocycles. The molecule has 1 fully saturated rings. The van der Waals surface area contributed by atoms with Crippen LogP contribution in [0.15, 0.2) is 164 Å². The number of hydrogen-bond acceptors (Lipinski definition) is 3. The molecule has 0 spiro atoms. The lowest BCUT2D eigenvalue weighted by Crippen LogP contribution is -2.61. The van der Waals surface area contributed by atoms with Gasteiger partial charge in [0, 0.05) is 0 Å². The summed E-state index contributed by atoms with van der Waals surface area (Å²) in [5.74, 6) is 0. The average Bonchev–Trinajstić information content (AvgIpc) is 3.14. The van der Waals surface area contributed by atoms with E-state index in [1.165, 1.54) is 48.5 Å². The zero-order valence-electron chi connectivity index (χ0n) is 26.0. The van der Waals surface area contributed by atoms with Gasteiger partial charge >= 0.3 is 21.4 Å².